The fourth-order valence-corrected chi connectivity index (χ4v) is 3.82. The van der Waals surface area contributed by atoms with Gasteiger partial charge >= 0.3 is 6.18 Å². The molecule has 0 aromatic heterocycles. The molecule has 1 heterocycles. The maximum Gasteiger partial charge on any atom is 0.416 e. The van der Waals surface area contributed by atoms with Crippen molar-refractivity contribution < 1.29 is 13.2 Å². The molecule has 0 amide bonds. The predicted molar refractivity (Wildman–Crippen MR) is 99.5 cm³/mol. The molecule has 25 heavy (non-hydrogen) atoms. The third-order valence-electron chi connectivity index (χ3n) is 3.92. The standard InChI is InChI=1S/C19H18F3NS.ClH/c1-23(2)11-5-7-14-15-6-3-4-8-17(15)24-18-10-9-13(12-16(14)18)19(20,21)22;/h3-4,6-10,12H,5,11H2,1-2H3;1H. The van der Waals surface area contributed by atoms with E-state index in [2.05, 4.69) is 11.0 Å². The molecule has 0 N–H and O–H groups in total. The molecule has 1 aliphatic rings. The lowest BCUT2D eigenvalue weighted by Gasteiger charge is -2.23. The molecule has 134 valence electrons. The zero-order valence-corrected chi connectivity index (χ0v) is 15.6. The molecule has 1 nitrogen and oxygen atoms in total. The lowest BCUT2D eigenvalue weighted by atomic mass is 9.94. The van der Waals surface area contributed by atoms with Crippen molar-refractivity contribution in [2.45, 2.75) is 22.4 Å². The van der Waals surface area contributed by atoms with Crippen molar-refractivity contribution in [1.29, 1.82) is 0 Å². The number of alkyl halides is 3. The average molecular weight is 386 g/mol. The van der Waals surface area contributed by atoms with Crippen LogP contribution in [0.1, 0.15) is 23.1 Å². The summed E-state index contributed by atoms with van der Waals surface area (Å²) in [6.07, 6.45) is -1.49. The Morgan fingerprint density at radius 3 is 2.36 bits per heavy atom. The van der Waals surface area contributed by atoms with Crippen molar-refractivity contribution >= 4 is 29.7 Å². The molecule has 6 heteroatoms. The average Bonchev–Trinajstić information content (AvgIpc) is 2.52. The highest BCUT2D eigenvalue weighted by Crippen LogP contribution is 2.46. The maximum atomic E-state index is 13.1. The number of nitrogens with zero attached hydrogens (tertiary/aromatic N) is 1. The minimum atomic E-state index is -4.33. The second-order valence-electron chi connectivity index (χ2n) is 6.02. The molecule has 2 aromatic carbocycles. The first-order valence-corrected chi connectivity index (χ1v) is 8.51. The number of hydrogen-bond acceptors (Lipinski definition) is 2. The fourth-order valence-electron chi connectivity index (χ4n) is 2.73. The summed E-state index contributed by atoms with van der Waals surface area (Å²) in [4.78, 5) is 4.02. The van der Waals surface area contributed by atoms with Crippen molar-refractivity contribution in [1.82, 2.24) is 4.90 Å². The summed E-state index contributed by atoms with van der Waals surface area (Å²) in [6.45, 7) is 0.854. The number of rotatable bonds is 3. The van der Waals surface area contributed by atoms with Crippen LogP contribution < -0.4 is 0 Å². The largest absolute Gasteiger partial charge is 0.416 e. The van der Waals surface area contributed by atoms with Crippen LogP contribution in [0.25, 0.3) is 5.57 Å². The van der Waals surface area contributed by atoms with Gasteiger partial charge in [-0.05, 0) is 61.5 Å². The zero-order chi connectivity index (χ0) is 17.3. The van der Waals surface area contributed by atoms with Crippen LogP contribution in [-0.2, 0) is 6.18 Å². The zero-order valence-electron chi connectivity index (χ0n) is 13.9. The van der Waals surface area contributed by atoms with Crippen LogP contribution in [0.4, 0.5) is 13.2 Å². The van der Waals surface area contributed by atoms with E-state index in [0.29, 0.717) is 5.56 Å². The van der Waals surface area contributed by atoms with Gasteiger partial charge in [0.1, 0.15) is 0 Å². The highest BCUT2D eigenvalue weighted by Gasteiger charge is 2.32. The maximum absolute atomic E-state index is 13.1. The van der Waals surface area contributed by atoms with Gasteiger partial charge in [-0.1, -0.05) is 36.0 Å². The van der Waals surface area contributed by atoms with Crippen molar-refractivity contribution in [2.24, 2.45) is 0 Å². The van der Waals surface area contributed by atoms with Crippen LogP contribution in [0.5, 0.6) is 0 Å². The molecule has 0 spiro atoms. The fraction of sp³-hybridized carbons (Fsp3) is 0.263. The number of fused-ring (bicyclic) bond motifs is 2. The lowest BCUT2D eigenvalue weighted by molar-refractivity contribution is -0.137. The van der Waals surface area contributed by atoms with Crippen LogP contribution in [-0.4, -0.2) is 25.5 Å². The van der Waals surface area contributed by atoms with Gasteiger partial charge in [0.2, 0.25) is 0 Å². The van der Waals surface area contributed by atoms with Gasteiger partial charge < -0.3 is 4.90 Å². The SMILES string of the molecule is CN(C)CCC=C1c2ccccc2Sc2ccc(C(F)(F)F)cc21.Cl. The van der Waals surface area contributed by atoms with E-state index < -0.39 is 11.7 Å². The quantitative estimate of drug-likeness (QED) is 0.546. The topological polar surface area (TPSA) is 3.24 Å². The second kappa shape index (κ2) is 7.85. The highest BCUT2D eigenvalue weighted by atomic mass is 35.5. The monoisotopic (exact) mass is 385 g/mol. The Labute approximate surface area is 156 Å². The van der Waals surface area contributed by atoms with E-state index in [0.717, 1.165) is 40.0 Å². The summed E-state index contributed by atoms with van der Waals surface area (Å²) in [5, 5.41) is 0. The van der Waals surface area contributed by atoms with E-state index in [1.54, 1.807) is 6.07 Å². The molecular weight excluding hydrogens is 367 g/mol. The highest BCUT2D eigenvalue weighted by molar-refractivity contribution is 7.99. The van der Waals surface area contributed by atoms with Gasteiger partial charge in [-0.15, -0.1) is 12.4 Å². The molecular formula is C19H19ClF3NS. The summed E-state index contributed by atoms with van der Waals surface area (Å²) >= 11 is 1.53. The Balaban J connectivity index is 0.00000225. The van der Waals surface area contributed by atoms with E-state index in [4.69, 9.17) is 0 Å². The third kappa shape index (κ3) is 4.40. The second-order valence-corrected chi connectivity index (χ2v) is 7.10. The first-order chi connectivity index (χ1) is 11.4. The van der Waals surface area contributed by atoms with Crippen molar-refractivity contribution in [3.8, 4) is 0 Å². The molecule has 0 aliphatic carbocycles. The smallest absolute Gasteiger partial charge is 0.309 e. The van der Waals surface area contributed by atoms with Gasteiger partial charge in [0, 0.05) is 16.3 Å². The van der Waals surface area contributed by atoms with Crippen molar-refractivity contribution in [2.75, 3.05) is 20.6 Å². The van der Waals surface area contributed by atoms with E-state index in [1.165, 1.54) is 17.8 Å². The molecule has 0 unspecified atom stereocenters. The first kappa shape index (κ1) is 19.9. The van der Waals surface area contributed by atoms with Crippen LogP contribution >= 0.6 is 24.2 Å². The summed E-state index contributed by atoms with van der Waals surface area (Å²) in [5.74, 6) is 0. The number of benzene rings is 2. The molecule has 0 radical (unpaired) electrons. The van der Waals surface area contributed by atoms with E-state index in [-0.39, 0.29) is 12.4 Å². The Morgan fingerprint density at radius 1 is 1.00 bits per heavy atom. The molecule has 0 atom stereocenters. The van der Waals surface area contributed by atoms with E-state index in [9.17, 15) is 13.2 Å². The number of halogens is 4. The van der Waals surface area contributed by atoms with Gasteiger partial charge in [-0.2, -0.15) is 13.2 Å². The molecule has 0 saturated carbocycles. The minimum absolute atomic E-state index is 0. The van der Waals surface area contributed by atoms with Gasteiger partial charge in [0.25, 0.3) is 0 Å². The Bertz CT molecular complexity index is 784. The van der Waals surface area contributed by atoms with Gasteiger partial charge in [-0.3, -0.25) is 0 Å². The summed E-state index contributed by atoms with van der Waals surface area (Å²) in [7, 11) is 3.97. The van der Waals surface area contributed by atoms with Crippen LogP contribution in [0.3, 0.4) is 0 Å². The molecule has 1 aliphatic heterocycles. The number of hydrogen-bond donors (Lipinski definition) is 0. The molecule has 2 aromatic rings. The van der Waals surface area contributed by atoms with Crippen LogP contribution in [0, 0.1) is 0 Å². The normalized spacial score (nSPS) is 14.9. The van der Waals surface area contributed by atoms with E-state index in [1.807, 2.05) is 38.4 Å². The summed E-state index contributed by atoms with van der Waals surface area (Å²) in [5.41, 5.74) is 1.98. The predicted octanol–water partition coefficient (Wildman–Crippen LogP) is 5.98. The van der Waals surface area contributed by atoms with Gasteiger partial charge in [-0.25, -0.2) is 0 Å². The minimum Gasteiger partial charge on any atom is -0.309 e. The molecule has 0 fully saturated rings. The van der Waals surface area contributed by atoms with Gasteiger partial charge in [0.15, 0.2) is 0 Å². The molecule has 0 saturated heterocycles. The Hall–Kier alpha value is -1.43. The molecule has 0 bridgehead atoms. The van der Waals surface area contributed by atoms with E-state index >= 15 is 0 Å². The molecule has 3 rings (SSSR count). The Kier molecular flexibility index (Phi) is 6.25. The van der Waals surface area contributed by atoms with Crippen molar-refractivity contribution in [3.05, 3.63) is 65.2 Å². The lowest BCUT2D eigenvalue weighted by Crippen LogP contribution is -2.12. The Morgan fingerprint density at radius 2 is 1.68 bits per heavy atom. The first-order valence-electron chi connectivity index (χ1n) is 7.70. The van der Waals surface area contributed by atoms with Gasteiger partial charge in [0.05, 0.1) is 5.56 Å². The van der Waals surface area contributed by atoms with Crippen LogP contribution in [0.2, 0.25) is 0 Å². The summed E-state index contributed by atoms with van der Waals surface area (Å²) < 4.78 is 39.3. The third-order valence-corrected chi connectivity index (χ3v) is 5.07. The van der Waals surface area contributed by atoms with Crippen LogP contribution in [0.15, 0.2) is 58.3 Å². The summed E-state index contributed by atoms with van der Waals surface area (Å²) in [6, 6.07) is 11.9. The van der Waals surface area contributed by atoms with Crippen molar-refractivity contribution in [3.63, 3.8) is 0 Å².